The fourth-order valence-electron chi connectivity index (χ4n) is 2.18. The summed E-state index contributed by atoms with van der Waals surface area (Å²) in [6.07, 6.45) is 2.21. The van der Waals surface area contributed by atoms with Gasteiger partial charge in [0.2, 0.25) is 0 Å². The lowest BCUT2D eigenvalue weighted by molar-refractivity contribution is 0.312. The van der Waals surface area contributed by atoms with Gasteiger partial charge in [-0.1, -0.05) is 18.5 Å². The molecule has 0 atom stereocenters. The number of benzene rings is 1. The average Bonchev–Trinajstić information content (AvgIpc) is 2.99. The third kappa shape index (κ3) is 2.76. The number of amidine groups is 1. The molecule has 0 saturated carbocycles. The van der Waals surface area contributed by atoms with Gasteiger partial charge in [-0.25, -0.2) is 19.4 Å². The van der Waals surface area contributed by atoms with Gasteiger partial charge in [-0.2, -0.15) is 0 Å². The molecular formula is C15H13ClFN5O. The first-order chi connectivity index (χ1) is 11.0. The molecule has 2 aromatic heterocycles. The summed E-state index contributed by atoms with van der Waals surface area (Å²) in [7, 11) is 0. The zero-order chi connectivity index (χ0) is 16.6. The van der Waals surface area contributed by atoms with Crippen LogP contribution in [0, 0.1) is 11.2 Å². The van der Waals surface area contributed by atoms with Crippen LogP contribution < -0.4 is 5.06 Å². The van der Waals surface area contributed by atoms with E-state index in [4.69, 9.17) is 17.0 Å². The van der Waals surface area contributed by atoms with Crippen molar-refractivity contribution in [2.24, 2.45) is 0 Å². The van der Waals surface area contributed by atoms with E-state index in [1.165, 1.54) is 18.3 Å². The van der Waals surface area contributed by atoms with Crippen LogP contribution in [-0.4, -0.2) is 26.0 Å². The highest BCUT2D eigenvalue weighted by atomic mass is 35.5. The fraction of sp³-hybridized carbons (Fsp3) is 0.133. The smallest absolute Gasteiger partial charge is 0.178 e. The molecule has 0 saturated heterocycles. The topological polar surface area (TPSA) is 88.9 Å². The van der Waals surface area contributed by atoms with E-state index in [0.29, 0.717) is 28.2 Å². The van der Waals surface area contributed by atoms with Gasteiger partial charge in [0.15, 0.2) is 11.5 Å². The molecule has 3 N–H and O–H groups in total. The second-order valence-electron chi connectivity index (χ2n) is 4.85. The van der Waals surface area contributed by atoms with Crippen LogP contribution in [0.3, 0.4) is 0 Å². The average molecular weight is 334 g/mol. The number of nitrogens with zero attached hydrogens (tertiary/aromatic N) is 3. The molecule has 1 aromatic carbocycles. The second-order valence-corrected chi connectivity index (χ2v) is 5.26. The summed E-state index contributed by atoms with van der Waals surface area (Å²) in [6.45, 7) is 1.95. The monoisotopic (exact) mass is 333 g/mol. The number of aromatic nitrogens is 3. The Hall–Kier alpha value is -2.51. The number of rotatable bonds is 3. The lowest BCUT2D eigenvalue weighted by Gasteiger charge is -2.18. The van der Waals surface area contributed by atoms with Crippen LogP contribution in [-0.2, 0) is 6.42 Å². The Kier molecular flexibility index (Phi) is 3.97. The zero-order valence-corrected chi connectivity index (χ0v) is 12.9. The Labute approximate surface area is 136 Å². The molecular weight excluding hydrogens is 321 g/mol. The SMILES string of the molecule is CCc1nc2nccc(C(=N)N(O)c3ccc(F)c(Cl)c3)c2[nH]1. The molecule has 0 aliphatic rings. The maximum atomic E-state index is 13.2. The Bertz CT molecular complexity index is 895. The van der Waals surface area contributed by atoms with E-state index in [-0.39, 0.29) is 16.5 Å². The van der Waals surface area contributed by atoms with E-state index in [0.717, 1.165) is 11.9 Å². The molecule has 118 valence electrons. The van der Waals surface area contributed by atoms with Gasteiger partial charge in [0, 0.05) is 18.2 Å². The van der Waals surface area contributed by atoms with E-state index in [2.05, 4.69) is 15.0 Å². The molecule has 0 fully saturated rings. The van der Waals surface area contributed by atoms with Crippen LogP contribution in [0.1, 0.15) is 18.3 Å². The van der Waals surface area contributed by atoms with Crippen LogP contribution in [0.2, 0.25) is 5.02 Å². The van der Waals surface area contributed by atoms with Crippen LogP contribution in [0.15, 0.2) is 30.5 Å². The van der Waals surface area contributed by atoms with Gasteiger partial charge in [0.05, 0.1) is 16.2 Å². The van der Waals surface area contributed by atoms with Crippen molar-refractivity contribution in [3.63, 3.8) is 0 Å². The van der Waals surface area contributed by atoms with Crippen molar-refractivity contribution in [1.82, 2.24) is 15.0 Å². The Morgan fingerprint density at radius 1 is 1.43 bits per heavy atom. The number of hydrogen-bond donors (Lipinski definition) is 3. The fourth-order valence-corrected chi connectivity index (χ4v) is 2.36. The predicted octanol–water partition coefficient (Wildman–Crippen LogP) is 3.53. The minimum atomic E-state index is -0.595. The lowest BCUT2D eigenvalue weighted by atomic mass is 10.2. The minimum absolute atomic E-state index is 0.135. The van der Waals surface area contributed by atoms with Crippen LogP contribution >= 0.6 is 11.6 Å². The normalized spacial score (nSPS) is 11.0. The first-order valence-corrected chi connectivity index (χ1v) is 7.25. The van der Waals surface area contributed by atoms with Crippen molar-refractivity contribution in [1.29, 1.82) is 5.41 Å². The molecule has 0 bridgehead atoms. The number of pyridine rings is 1. The molecule has 0 spiro atoms. The largest absolute Gasteiger partial charge is 0.340 e. The maximum Gasteiger partial charge on any atom is 0.178 e. The van der Waals surface area contributed by atoms with E-state index >= 15 is 0 Å². The highest BCUT2D eigenvalue weighted by Gasteiger charge is 2.18. The number of fused-ring (bicyclic) bond motifs is 1. The molecule has 23 heavy (non-hydrogen) atoms. The Morgan fingerprint density at radius 2 is 2.22 bits per heavy atom. The first-order valence-electron chi connectivity index (χ1n) is 6.87. The van der Waals surface area contributed by atoms with Crippen LogP contribution in [0.25, 0.3) is 11.2 Å². The highest BCUT2D eigenvalue weighted by molar-refractivity contribution is 6.31. The Morgan fingerprint density at radius 3 is 2.91 bits per heavy atom. The van der Waals surface area contributed by atoms with Crippen LogP contribution in [0.4, 0.5) is 10.1 Å². The molecule has 6 nitrogen and oxygen atoms in total. The summed E-state index contributed by atoms with van der Waals surface area (Å²) >= 11 is 5.72. The van der Waals surface area contributed by atoms with Crippen molar-refractivity contribution in [2.75, 3.05) is 5.06 Å². The first kappa shape index (κ1) is 15.4. The molecule has 0 unspecified atom stereocenters. The third-order valence-electron chi connectivity index (χ3n) is 3.39. The van der Waals surface area contributed by atoms with Crippen molar-refractivity contribution >= 4 is 34.3 Å². The van der Waals surface area contributed by atoms with E-state index in [1.807, 2.05) is 6.92 Å². The summed E-state index contributed by atoms with van der Waals surface area (Å²) in [5.41, 5.74) is 1.63. The number of aryl methyl sites for hydroxylation is 1. The van der Waals surface area contributed by atoms with Gasteiger partial charge in [0.1, 0.15) is 11.6 Å². The highest BCUT2D eigenvalue weighted by Crippen LogP contribution is 2.24. The summed E-state index contributed by atoms with van der Waals surface area (Å²) < 4.78 is 13.2. The summed E-state index contributed by atoms with van der Waals surface area (Å²) in [6, 6.07) is 5.30. The molecule has 3 rings (SSSR count). The molecule has 2 heterocycles. The molecule has 0 amide bonds. The summed E-state index contributed by atoms with van der Waals surface area (Å²) in [4.78, 5) is 11.5. The number of H-pyrrole nitrogens is 1. The van der Waals surface area contributed by atoms with Crippen molar-refractivity contribution in [3.05, 3.63) is 52.7 Å². The zero-order valence-electron chi connectivity index (χ0n) is 12.1. The van der Waals surface area contributed by atoms with Crippen molar-refractivity contribution < 1.29 is 9.60 Å². The van der Waals surface area contributed by atoms with Crippen LogP contribution in [0.5, 0.6) is 0 Å². The molecule has 0 aliphatic carbocycles. The molecule has 0 radical (unpaired) electrons. The van der Waals surface area contributed by atoms with E-state index in [1.54, 1.807) is 6.07 Å². The Balaban J connectivity index is 2.02. The number of hydrogen-bond acceptors (Lipinski definition) is 4. The van der Waals surface area contributed by atoms with Gasteiger partial charge < -0.3 is 4.98 Å². The van der Waals surface area contributed by atoms with E-state index in [9.17, 15) is 9.60 Å². The van der Waals surface area contributed by atoms with Gasteiger partial charge >= 0.3 is 0 Å². The summed E-state index contributed by atoms with van der Waals surface area (Å²) in [5, 5.41) is 19.0. The number of nitrogens with one attached hydrogen (secondary N) is 2. The van der Waals surface area contributed by atoms with Gasteiger partial charge in [-0.05, 0) is 24.3 Å². The maximum absolute atomic E-state index is 13.2. The second kappa shape index (κ2) is 5.94. The van der Waals surface area contributed by atoms with Gasteiger partial charge in [0.25, 0.3) is 0 Å². The minimum Gasteiger partial charge on any atom is -0.340 e. The molecule has 8 heteroatoms. The third-order valence-corrected chi connectivity index (χ3v) is 3.68. The summed E-state index contributed by atoms with van der Waals surface area (Å²) in [5.74, 6) is -0.0590. The number of halogens is 2. The van der Waals surface area contributed by atoms with E-state index < -0.39 is 5.82 Å². The number of hydroxylamine groups is 1. The molecule has 3 aromatic rings. The number of aromatic amines is 1. The molecule has 0 aliphatic heterocycles. The predicted molar refractivity (Wildman–Crippen MR) is 85.8 cm³/mol. The quantitative estimate of drug-likeness (QED) is 0.388. The number of anilines is 1. The van der Waals surface area contributed by atoms with Crippen molar-refractivity contribution in [3.8, 4) is 0 Å². The standard InChI is InChI=1S/C15H13ClFN5O/c1-2-12-20-13-9(5-6-19-15(13)21-12)14(18)22(23)8-3-4-11(17)10(16)7-8/h3-7,18,23H,2H2,1H3,(H,19,20,21). The number of imidazole rings is 1. The lowest BCUT2D eigenvalue weighted by Crippen LogP contribution is -2.27. The van der Waals surface area contributed by atoms with Gasteiger partial charge in [-0.15, -0.1) is 0 Å². The van der Waals surface area contributed by atoms with Crippen molar-refractivity contribution in [2.45, 2.75) is 13.3 Å². The van der Waals surface area contributed by atoms with Gasteiger partial charge in [-0.3, -0.25) is 10.6 Å².